The second-order valence-electron chi connectivity index (χ2n) is 1.82. The topological polar surface area (TPSA) is 54.3 Å². The van der Waals surface area contributed by atoms with Crippen molar-refractivity contribution in [2.75, 3.05) is 12.4 Å². The Morgan fingerprint density at radius 2 is 2.40 bits per heavy atom. The van der Waals surface area contributed by atoms with Gasteiger partial charge in [0.2, 0.25) is 0 Å². The number of nitrogens with zero attached hydrogens (tertiary/aromatic N) is 1. The lowest BCUT2D eigenvalue weighted by molar-refractivity contribution is 0.175. The molecule has 0 bridgehead atoms. The molecule has 0 saturated heterocycles. The van der Waals surface area contributed by atoms with Crippen LogP contribution in [0, 0.1) is 0 Å². The predicted molar refractivity (Wildman–Crippen MR) is 37.4 cm³/mol. The molecule has 0 spiro atoms. The van der Waals surface area contributed by atoms with Crippen LogP contribution in [0.3, 0.4) is 0 Å². The molecule has 1 aromatic heterocycles. The van der Waals surface area contributed by atoms with Crippen molar-refractivity contribution in [3.05, 3.63) is 28.7 Å². The molecule has 0 saturated carbocycles. The van der Waals surface area contributed by atoms with E-state index in [9.17, 15) is 4.79 Å². The van der Waals surface area contributed by atoms with Crippen LogP contribution in [-0.4, -0.2) is 17.0 Å². The molecule has 0 aliphatic carbocycles. The molecule has 54 valence electrons. The summed E-state index contributed by atoms with van der Waals surface area (Å²) in [5.74, 6) is 0. The smallest absolute Gasteiger partial charge is 0.306 e. The van der Waals surface area contributed by atoms with Gasteiger partial charge in [0.15, 0.2) is 0 Å². The lowest BCUT2D eigenvalue weighted by Gasteiger charge is -1.98. The zero-order chi connectivity index (χ0) is 7.56. The van der Waals surface area contributed by atoms with Gasteiger partial charge in [0.25, 0.3) is 0 Å². The van der Waals surface area contributed by atoms with Crippen molar-refractivity contribution in [1.29, 1.82) is 0 Å². The van der Waals surface area contributed by atoms with Crippen LogP contribution in [0.25, 0.3) is 0 Å². The Kier molecular flexibility index (Phi) is 1.62. The highest BCUT2D eigenvalue weighted by atomic mass is 16.5. The summed E-state index contributed by atoms with van der Waals surface area (Å²) in [6.07, 6.45) is 1.28. The number of pyridine rings is 1. The highest BCUT2D eigenvalue weighted by Crippen LogP contribution is 1.93. The van der Waals surface area contributed by atoms with Crippen molar-refractivity contribution < 1.29 is 5.21 Å². The maximum Gasteiger partial charge on any atom is 0.306 e. The lowest BCUT2D eigenvalue weighted by atomic mass is 10.4. The highest BCUT2D eigenvalue weighted by molar-refractivity contribution is 5.38. The molecule has 0 amide bonds. The molecule has 4 nitrogen and oxygen atoms in total. The molecule has 1 aromatic rings. The van der Waals surface area contributed by atoms with Crippen LogP contribution in [0.4, 0.5) is 5.69 Å². The average molecular weight is 140 g/mol. The van der Waals surface area contributed by atoms with E-state index >= 15 is 0 Å². The van der Waals surface area contributed by atoms with Gasteiger partial charge in [-0.1, -0.05) is 0 Å². The van der Waals surface area contributed by atoms with Gasteiger partial charge in [-0.25, -0.2) is 0 Å². The zero-order valence-electron chi connectivity index (χ0n) is 5.53. The molecule has 10 heavy (non-hydrogen) atoms. The summed E-state index contributed by atoms with van der Waals surface area (Å²) in [5.41, 5.74) is -0.0602. The minimum absolute atomic E-state index is 0.380. The first-order valence-corrected chi connectivity index (χ1v) is 2.84. The SMILES string of the molecule is CNc1cccn(O)c1=O. The van der Waals surface area contributed by atoms with Crippen LogP contribution < -0.4 is 10.9 Å². The first-order chi connectivity index (χ1) is 4.75. The average Bonchev–Trinajstić information content (AvgIpc) is 1.95. The molecule has 0 unspecified atom stereocenters. The molecule has 1 heterocycles. The number of rotatable bonds is 1. The molecule has 1 rings (SSSR count). The third-order valence-corrected chi connectivity index (χ3v) is 1.20. The van der Waals surface area contributed by atoms with Gasteiger partial charge in [-0.2, -0.15) is 4.73 Å². The molecule has 0 aromatic carbocycles. The summed E-state index contributed by atoms with van der Waals surface area (Å²) in [6.45, 7) is 0. The normalized spacial score (nSPS) is 9.30. The molecule has 4 heteroatoms. The second-order valence-corrected chi connectivity index (χ2v) is 1.82. The van der Waals surface area contributed by atoms with Gasteiger partial charge in [-0.15, -0.1) is 0 Å². The third-order valence-electron chi connectivity index (χ3n) is 1.20. The number of anilines is 1. The largest absolute Gasteiger partial charge is 0.425 e. The Morgan fingerprint density at radius 3 is 2.90 bits per heavy atom. The fraction of sp³-hybridized carbons (Fsp3) is 0.167. The molecule has 0 aliphatic rings. The van der Waals surface area contributed by atoms with Crippen molar-refractivity contribution >= 4 is 5.69 Å². The van der Waals surface area contributed by atoms with Crippen LogP contribution in [-0.2, 0) is 0 Å². The van der Waals surface area contributed by atoms with E-state index in [2.05, 4.69) is 5.32 Å². The Bertz CT molecular complexity index is 279. The predicted octanol–water partition coefficient (Wildman–Crippen LogP) is 0.127. The number of nitrogens with one attached hydrogen (secondary N) is 1. The fourth-order valence-corrected chi connectivity index (χ4v) is 0.673. The molecule has 0 aliphatic heterocycles. The van der Waals surface area contributed by atoms with E-state index in [4.69, 9.17) is 5.21 Å². The summed E-state index contributed by atoms with van der Waals surface area (Å²) >= 11 is 0. The van der Waals surface area contributed by atoms with E-state index in [1.165, 1.54) is 6.20 Å². The summed E-state index contributed by atoms with van der Waals surface area (Å²) < 4.78 is 0.534. The van der Waals surface area contributed by atoms with E-state index in [0.29, 0.717) is 10.4 Å². The van der Waals surface area contributed by atoms with E-state index in [0.717, 1.165) is 0 Å². The zero-order valence-corrected chi connectivity index (χ0v) is 5.53. The highest BCUT2D eigenvalue weighted by Gasteiger charge is 1.96. The van der Waals surface area contributed by atoms with Crippen molar-refractivity contribution in [3.63, 3.8) is 0 Å². The maximum absolute atomic E-state index is 10.9. The van der Waals surface area contributed by atoms with Crippen LogP contribution in [0.15, 0.2) is 23.1 Å². The Hall–Kier alpha value is -1.45. The summed E-state index contributed by atoms with van der Waals surface area (Å²) in [5, 5.41) is 11.4. The monoisotopic (exact) mass is 140 g/mol. The number of hydrogen-bond donors (Lipinski definition) is 2. The van der Waals surface area contributed by atoms with Gasteiger partial charge in [0.1, 0.15) is 5.69 Å². The molecular formula is C6H8N2O2. The lowest BCUT2D eigenvalue weighted by Crippen LogP contribution is -2.19. The van der Waals surface area contributed by atoms with Gasteiger partial charge in [0, 0.05) is 13.2 Å². The van der Waals surface area contributed by atoms with Crippen LogP contribution >= 0.6 is 0 Å². The molecule has 0 atom stereocenters. The number of hydrogen-bond acceptors (Lipinski definition) is 3. The van der Waals surface area contributed by atoms with Gasteiger partial charge in [-0.3, -0.25) is 4.79 Å². The summed E-state index contributed by atoms with van der Waals surface area (Å²) in [6, 6.07) is 3.17. The van der Waals surface area contributed by atoms with Gasteiger partial charge >= 0.3 is 5.56 Å². The molecule has 0 radical (unpaired) electrons. The molecule has 2 N–H and O–H groups in total. The van der Waals surface area contributed by atoms with E-state index in [1.807, 2.05) is 0 Å². The fourth-order valence-electron chi connectivity index (χ4n) is 0.673. The Morgan fingerprint density at radius 1 is 1.70 bits per heavy atom. The maximum atomic E-state index is 10.9. The van der Waals surface area contributed by atoms with Crippen molar-refractivity contribution in [1.82, 2.24) is 4.73 Å². The van der Waals surface area contributed by atoms with Crippen molar-refractivity contribution in [3.8, 4) is 0 Å². The summed E-state index contributed by atoms with van der Waals surface area (Å²) in [7, 11) is 1.62. The summed E-state index contributed by atoms with van der Waals surface area (Å²) in [4.78, 5) is 10.9. The van der Waals surface area contributed by atoms with E-state index in [-0.39, 0.29) is 0 Å². The first kappa shape index (κ1) is 6.67. The Balaban J connectivity index is 3.28. The standard InChI is InChI=1S/C6H8N2O2/c1-7-5-3-2-4-8(10)6(5)9/h2-4,7,10H,1H3. The van der Waals surface area contributed by atoms with E-state index < -0.39 is 5.56 Å². The minimum atomic E-state index is -0.440. The van der Waals surface area contributed by atoms with Crippen LogP contribution in [0.5, 0.6) is 0 Å². The van der Waals surface area contributed by atoms with Crippen LogP contribution in [0.2, 0.25) is 0 Å². The minimum Gasteiger partial charge on any atom is -0.425 e. The van der Waals surface area contributed by atoms with Gasteiger partial charge < -0.3 is 10.5 Å². The number of aromatic nitrogens is 1. The van der Waals surface area contributed by atoms with Crippen molar-refractivity contribution in [2.45, 2.75) is 0 Å². The third kappa shape index (κ3) is 0.953. The quantitative estimate of drug-likeness (QED) is 0.545. The molecule has 0 fully saturated rings. The Labute approximate surface area is 57.7 Å². The molecular weight excluding hydrogens is 132 g/mol. The second kappa shape index (κ2) is 2.43. The van der Waals surface area contributed by atoms with Crippen molar-refractivity contribution in [2.24, 2.45) is 0 Å². The van der Waals surface area contributed by atoms with E-state index in [1.54, 1.807) is 19.2 Å². The first-order valence-electron chi connectivity index (χ1n) is 2.84. The van der Waals surface area contributed by atoms with Crippen LogP contribution in [0.1, 0.15) is 0 Å². The van der Waals surface area contributed by atoms with Gasteiger partial charge in [0.05, 0.1) is 0 Å². The van der Waals surface area contributed by atoms with Gasteiger partial charge in [-0.05, 0) is 12.1 Å².